The third-order valence-electron chi connectivity index (χ3n) is 8.88. The van der Waals surface area contributed by atoms with E-state index in [1.807, 2.05) is 12.1 Å². The Morgan fingerprint density at radius 3 is 2.04 bits per heavy atom. The highest BCUT2D eigenvalue weighted by atomic mass is 16.7. The van der Waals surface area contributed by atoms with E-state index in [4.69, 9.17) is 29.4 Å². The maximum atomic E-state index is 13.3. The highest BCUT2D eigenvalue weighted by Gasteiger charge is 2.39. The number of ether oxygens (including phenoxy) is 5. The van der Waals surface area contributed by atoms with Gasteiger partial charge in [0.15, 0.2) is 23.0 Å². The van der Waals surface area contributed by atoms with Crippen molar-refractivity contribution in [1.29, 1.82) is 0 Å². The Bertz CT molecular complexity index is 1290. The fourth-order valence-electron chi connectivity index (χ4n) is 6.38. The first kappa shape index (κ1) is 37.0. The summed E-state index contributed by atoms with van der Waals surface area (Å²) in [6, 6.07) is 7.02. The summed E-state index contributed by atoms with van der Waals surface area (Å²) in [5.74, 6) is 1.21. The van der Waals surface area contributed by atoms with Crippen LogP contribution in [-0.2, 0) is 14.3 Å². The molecule has 2 aliphatic rings. The van der Waals surface area contributed by atoms with Crippen LogP contribution in [0.25, 0.3) is 0 Å². The molecule has 0 saturated heterocycles. The molecule has 266 valence electrons. The normalized spacial score (nSPS) is 17.9. The van der Waals surface area contributed by atoms with Crippen molar-refractivity contribution in [2.45, 2.75) is 56.9 Å². The van der Waals surface area contributed by atoms with Gasteiger partial charge in [-0.1, -0.05) is 0 Å². The zero-order chi connectivity index (χ0) is 34.1. The lowest BCUT2D eigenvalue weighted by molar-refractivity contribution is -0.130. The predicted molar refractivity (Wildman–Crippen MR) is 182 cm³/mol. The molecule has 1 aliphatic heterocycles. The van der Waals surface area contributed by atoms with Gasteiger partial charge in [-0.15, -0.1) is 0 Å². The van der Waals surface area contributed by atoms with E-state index in [9.17, 15) is 14.7 Å². The van der Waals surface area contributed by atoms with Crippen molar-refractivity contribution < 1.29 is 38.4 Å². The van der Waals surface area contributed by atoms with Gasteiger partial charge in [0.05, 0.1) is 26.9 Å². The summed E-state index contributed by atoms with van der Waals surface area (Å²) in [6.07, 6.45) is 5.74. The van der Waals surface area contributed by atoms with Crippen LogP contribution in [0.4, 0.5) is 0 Å². The Morgan fingerprint density at radius 1 is 0.875 bits per heavy atom. The summed E-state index contributed by atoms with van der Waals surface area (Å²) < 4.78 is 27.6. The number of aromatic hydroxyl groups is 1. The Labute approximate surface area is 283 Å². The number of hydrogen-bond donors (Lipinski definition) is 6. The quantitative estimate of drug-likeness (QED) is 0.0754. The summed E-state index contributed by atoms with van der Waals surface area (Å²) in [7, 11) is 2.97. The van der Waals surface area contributed by atoms with Crippen molar-refractivity contribution in [3.63, 3.8) is 0 Å². The molecular weight excluding hydrogens is 618 g/mol. The van der Waals surface area contributed by atoms with E-state index in [-0.39, 0.29) is 48.4 Å². The topological polar surface area (TPSA) is 175 Å². The van der Waals surface area contributed by atoms with Gasteiger partial charge in [0, 0.05) is 18.3 Å². The molecule has 0 fully saturated rings. The molecule has 0 spiro atoms. The van der Waals surface area contributed by atoms with Crippen molar-refractivity contribution in [3.8, 4) is 28.7 Å². The monoisotopic (exact) mass is 671 g/mol. The molecule has 3 atom stereocenters. The Kier molecular flexibility index (Phi) is 15.4. The third-order valence-corrected chi connectivity index (χ3v) is 8.88. The lowest BCUT2D eigenvalue weighted by atomic mass is 9.71. The SMILES string of the molecule is COc1cc(C2C[C@H](COC=O)[C@H](NC(=O)CCCCNCCCNCCCNCCCN)c3cc4c(cc32)OCO4)cc(OC)c1O. The lowest BCUT2D eigenvalue weighted by Gasteiger charge is -2.38. The van der Waals surface area contributed by atoms with Crippen LogP contribution in [0.1, 0.15) is 73.6 Å². The third kappa shape index (κ3) is 10.4. The summed E-state index contributed by atoms with van der Waals surface area (Å²) in [5.41, 5.74) is 8.16. The minimum absolute atomic E-state index is 0.0622. The predicted octanol–water partition coefficient (Wildman–Crippen LogP) is 2.69. The van der Waals surface area contributed by atoms with Crippen LogP contribution in [0.2, 0.25) is 0 Å². The number of benzene rings is 2. The second kappa shape index (κ2) is 19.9. The first-order chi connectivity index (χ1) is 23.5. The molecule has 1 amide bonds. The molecule has 1 heterocycles. The number of nitrogens with one attached hydrogen (secondary N) is 4. The minimum atomic E-state index is -0.411. The molecule has 0 aromatic heterocycles. The van der Waals surface area contributed by atoms with E-state index in [1.54, 1.807) is 12.1 Å². The standard InChI is InChI=1S/C35H53N5O8/c1-44-31-17-24(18-32(45-2)35(31)43)26-16-25(21-46-22-41)34(28-20-30-29(19-27(26)28)47-23-48-30)40-33(42)8-3-4-10-37-12-6-14-39-15-7-13-38-11-5-9-36/h17-20,22,25-26,34,37-39,43H,3-16,21,23,36H2,1-2H3,(H,40,42)/t25-,26?,34+/m1/s1. The van der Waals surface area contributed by atoms with Crippen LogP contribution in [0.15, 0.2) is 24.3 Å². The average Bonchev–Trinajstić information content (AvgIpc) is 3.56. The van der Waals surface area contributed by atoms with Crippen molar-refractivity contribution >= 4 is 12.4 Å². The molecule has 4 rings (SSSR count). The number of methoxy groups -OCH3 is 2. The molecule has 0 saturated carbocycles. The number of carbonyl (C=O) groups is 2. The number of fused-ring (bicyclic) bond motifs is 2. The number of unbranched alkanes of at least 4 members (excludes halogenated alkanes) is 1. The van der Waals surface area contributed by atoms with E-state index in [0.29, 0.717) is 30.8 Å². The number of rotatable bonds is 23. The number of nitrogens with two attached hydrogens (primary N) is 1. The van der Waals surface area contributed by atoms with Crippen molar-refractivity contribution in [1.82, 2.24) is 21.3 Å². The molecule has 0 bridgehead atoms. The summed E-state index contributed by atoms with van der Waals surface area (Å²) in [6.45, 7) is 7.15. The zero-order valence-electron chi connectivity index (χ0n) is 28.3. The molecule has 48 heavy (non-hydrogen) atoms. The van der Waals surface area contributed by atoms with Gasteiger partial charge in [-0.2, -0.15) is 0 Å². The van der Waals surface area contributed by atoms with E-state index >= 15 is 0 Å². The molecule has 13 nitrogen and oxygen atoms in total. The van der Waals surface area contributed by atoms with Gasteiger partial charge in [-0.3, -0.25) is 9.59 Å². The molecule has 7 N–H and O–H groups in total. The Morgan fingerprint density at radius 2 is 1.46 bits per heavy atom. The van der Waals surface area contributed by atoms with E-state index in [0.717, 1.165) is 94.6 Å². The Hall–Kier alpha value is -3.78. The minimum Gasteiger partial charge on any atom is -0.502 e. The van der Waals surface area contributed by atoms with Crippen LogP contribution in [-0.4, -0.2) is 90.9 Å². The van der Waals surface area contributed by atoms with Gasteiger partial charge in [-0.25, -0.2) is 0 Å². The molecule has 0 radical (unpaired) electrons. The van der Waals surface area contributed by atoms with Crippen LogP contribution < -0.4 is 45.9 Å². The van der Waals surface area contributed by atoms with Crippen LogP contribution >= 0.6 is 0 Å². The lowest BCUT2D eigenvalue weighted by Crippen LogP contribution is -2.39. The fraction of sp³-hybridized carbons (Fsp3) is 0.600. The second-order valence-corrected chi connectivity index (χ2v) is 12.2. The number of phenolic OH excluding ortho intramolecular Hbond substituents is 1. The van der Waals surface area contributed by atoms with Crippen molar-refractivity contribution in [2.75, 3.05) is 73.4 Å². The fourth-order valence-corrected chi connectivity index (χ4v) is 6.38. The van der Waals surface area contributed by atoms with E-state index in [1.165, 1.54) is 14.2 Å². The van der Waals surface area contributed by atoms with Gasteiger partial charge in [0.25, 0.3) is 6.47 Å². The first-order valence-electron chi connectivity index (χ1n) is 17.1. The van der Waals surface area contributed by atoms with Crippen LogP contribution in [0, 0.1) is 5.92 Å². The van der Waals surface area contributed by atoms with Gasteiger partial charge in [0.1, 0.15) is 0 Å². The molecule has 1 aliphatic carbocycles. The van der Waals surface area contributed by atoms with E-state index in [2.05, 4.69) is 21.3 Å². The van der Waals surface area contributed by atoms with Crippen molar-refractivity contribution in [3.05, 3.63) is 41.0 Å². The molecule has 2 aromatic rings. The maximum absolute atomic E-state index is 13.3. The molecular formula is C35H53N5O8. The summed E-state index contributed by atoms with van der Waals surface area (Å²) >= 11 is 0. The highest BCUT2D eigenvalue weighted by molar-refractivity contribution is 5.77. The van der Waals surface area contributed by atoms with E-state index < -0.39 is 6.04 Å². The largest absolute Gasteiger partial charge is 0.502 e. The van der Waals surface area contributed by atoms with Gasteiger partial charge >= 0.3 is 0 Å². The number of phenols is 1. The highest BCUT2D eigenvalue weighted by Crippen LogP contribution is 2.51. The Balaban J connectivity index is 1.32. The van der Waals surface area contributed by atoms with Gasteiger partial charge < -0.3 is 55.8 Å². The summed E-state index contributed by atoms with van der Waals surface area (Å²) in [4.78, 5) is 24.6. The molecule has 1 unspecified atom stereocenters. The second-order valence-electron chi connectivity index (χ2n) is 12.2. The number of amides is 1. The molecule has 2 aromatic carbocycles. The van der Waals surface area contributed by atoms with Gasteiger partial charge in [-0.05, 0) is 125 Å². The number of hydrogen-bond acceptors (Lipinski definition) is 12. The smallest absolute Gasteiger partial charge is 0.293 e. The first-order valence-corrected chi connectivity index (χ1v) is 17.1. The van der Waals surface area contributed by atoms with Gasteiger partial charge in [0.2, 0.25) is 18.4 Å². The van der Waals surface area contributed by atoms with Crippen LogP contribution in [0.3, 0.4) is 0 Å². The zero-order valence-corrected chi connectivity index (χ0v) is 28.3. The summed E-state index contributed by atoms with van der Waals surface area (Å²) in [5, 5.41) is 24.1. The number of carbonyl (C=O) groups excluding carboxylic acids is 2. The van der Waals surface area contributed by atoms with Crippen molar-refractivity contribution in [2.24, 2.45) is 11.7 Å². The maximum Gasteiger partial charge on any atom is 0.293 e. The average molecular weight is 672 g/mol. The molecule has 13 heteroatoms. The van der Waals surface area contributed by atoms with Crippen LogP contribution in [0.5, 0.6) is 28.7 Å².